The zero-order valence-corrected chi connectivity index (χ0v) is 20.2. The minimum absolute atomic E-state index is 0.0194. The maximum atomic E-state index is 14.0. The third kappa shape index (κ3) is 4.70. The fraction of sp³-hybridized carbons (Fsp3) is 0.615. The van der Waals surface area contributed by atoms with Crippen molar-refractivity contribution in [3.05, 3.63) is 47.0 Å². The lowest BCUT2D eigenvalue weighted by Crippen LogP contribution is -2.50. The summed E-state index contributed by atoms with van der Waals surface area (Å²) < 4.78 is 5.50. The van der Waals surface area contributed by atoms with Crippen molar-refractivity contribution < 1.29 is 9.21 Å². The largest absolute Gasteiger partial charge is 0.467 e. The molecule has 2 unspecified atom stereocenters. The van der Waals surface area contributed by atoms with Gasteiger partial charge in [0.25, 0.3) is 5.91 Å². The van der Waals surface area contributed by atoms with Crippen LogP contribution in [0.5, 0.6) is 0 Å². The maximum absolute atomic E-state index is 14.0. The van der Waals surface area contributed by atoms with Crippen LogP contribution in [0.4, 0.5) is 5.82 Å². The second-order valence-corrected chi connectivity index (χ2v) is 10.6. The van der Waals surface area contributed by atoms with E-state index in [1.54, 1.807) is 6.26 Å². The van der Waals surface area contributed by atoms with E-state index in [0.717, 1.165) is 50.4 Å². The molecule has 32 heavy (non-hydrogen) atoms. The molecule has 2 aromatic heterocycles. The molecular formula is C26H38N4O2. The van der Waals surface area contributed by atoms with Crippen molar-refractivity contribution in [1.82, 2.24) is 15.2 Å². The molecule has 3 heterocycles. The number of hydrogen-bond acceptors (Lipinski definition) is 5. The van der Waals surface area contributed by atoms with E-state index in [0.29, 0.717) is 29.8 Å². The number of carbonyl (C=O) groups excluding carboxylic acids is 1. The Balaban J connectivity index is 1.72. The zero-order chi connectivity index (χ0) is 22.9. The number of rotatable bonds is 7. The number of anilines is 1. The van der Waals surface area contributed by atoms with Crippen LogP contribution in [0.15, 0.2) is 28.9 Å². The van der Waals surface area contributed by atoms with Crippen molar-refractivity contribution in [2.24, 2.45) is 5.92 Å². The fourth-order valence-electron chi connectivity index (χ4n) is 5.34. The molecule has 1 amide bonds. The van der Waals surface area contributed by atoms with Crippen LogP contribution in [0.1, 0.15) is 87.2 Å². The van der Waals surface area contributed by atoms with E-state index in [1.165, 1.54) is 5.56 Å². The van der Waals surface area contributed by atoms with Gasteiger partial charge in [-0.25, -0.2) is 4.98 Å². The van der Waals surface area contributed by atoms with Crippen LogP contribution in [-0.4, -0.2) is 41.5 Å². The van der Waals surface area contributed by atoms with Gasteiger partial charge in [0.05, 0.1) is 18.4 Å². The highest BCUT2D eigenvalue weighted by Crippen LogP contribution is 2.46. The van der Waals surface area contributed by atoms with Crippen molar-refractivity contribution in [3.63, 3.8) is 0 Å². The average molecular weight is 439 g/mol. The van der Waals surface area contributed by atoms with E-state index in [2.05, 4.69) is 56.2 Å². The molecule has 2 aliphatic rings. The fourth-order valence-corrected chi connectivity index (χ4v) is 5.34. The Bertz CT molecular complexity index is 930. The van der Waals surface area contributed by atoms with Crippen molar-refractivity contribution in [3.8, 4) is 0 Å². The maximum Gasteiger partial charge on any atom is 0.257 e. The SMILES string of the molecule is CC(C)CN(C(=O)c1cc2c(nc1NCc1ccco1)C(C)CC2(C)C)C1CCCNC1. The van der Waals surface area contributed by atoms with Crippen molar-refractivity contribution in [2.45, 2.75) is 77.8 Å². The lowest BCUT2D eigenvalue weighted by atomic mass is 9.86. The molecule has 4 rings (SSSR count). The molecule has 2 N–H and O–H groups in total. The van der Waals surface area contributed by atoms with Crippen LogP contribution < -0.4 is 10.6 Å². The minimum atomic E-state index is 0.0194. The average Bonchev–Trinajstić information content (AvgIpc) is 3.36. The highest BCUT2D eigenvalue weighted by Gasteiger charge is 2.38. The molecule has 1 saturated heterocycles. The predicted octanol–water partition coefficient (Wildman–Crippen LogP) is 4.92. The number of fused-ring (bicyclic) bond motifs is 1. The van der Waals surface area contributed by atoms with Crippen LogP contribution in [0.2, 0.25) is 0 Å². The summed E-state index contributed by atoms with van der Waals surface area (Å²) in [6, 6.07) is 6.16. The van der Waals surface area contributed by atoms with Crippen molar-refractivity contribution in [2.75, 3.05) is 25.0 Å². The Labute approximate surface area is 192 Å². The third-order valence-electron chi connectivity index (χ3n) is 6.84. The first-order valence-electron chi connectivity index (χ1n) is 12.1. The molecule has 0 radical (unpaired) electrons. The minimum Gasteiger partial charge on any atom is -0.467 e. The quantitative estimate of drug-likeness (QED) is 0.642. The van der Waals surface area contributed by atoms with Crippen LogP contribution in [0, 0.1) is 5.92 Å². The first-order chi connectivity index (χ1) is 15.3. The van der Waals surface area contributed by atoms with Crippen molar-refractivity contribution >= 4 is 11.7 Å². The standard InChI is InChI=1S/C26H38N4O2/c1-17(2)16-30(19-8-6-10-27-14-19)25(31)21-12-22-23(18(3)13-26(22,4)5)29-24(21)28-15-20-9-7-11-32-20/h7,9,11-12,17-19,27H,6,8,10,13-16H2,1-5H3,(H,28,29). The summed E-state index contributed by atoms with van der Waals surface area (Å²) in [5, 5.41) is 6.89. The Morgan fingerprint density at radius 1 is 1.41 bits per heavy atom. The predicted molar refractivity (Wildman–Crippen MR) is 128 cm³/mol. The second kappa shape index (κ2) is 9.26. The molecule has 0 aromatic carbocycles. The molecule has 0 spiro atoms. The third-order valence-corrected chi connectivity index (χ3v) is 6.84. The number of hydrogen-bond donors (Lipinski definition) is 2. The molecule has 6 nitrogen and oxygen atoms in total. The number of pyridine rings is 1. The van der Waals surface area contributed by atoms with Gasteiger partial charge >= 0.3 is 0 Å². The second-order valence-electron chi connectivity index (χ2n) is 10.6. The highest BCUT2D eigenvalue weighted by molar-refractivity contribution is 5.99. The lowest BCUT2D eigenvalue weighted by molar-refractivity contribution is 0.0620. The normalized spacial score (nSPS) is 22.1. The number of furan rings is 1. The molecule has 1 aliphatic heterocycles. The monoisotopic (exact) mass is 438 g/mol. The van der Waals surface area contributed by atoms with Gasteiger partial charge < -0.3 is 20.0 Å². The molecule has 174 valence electrons. The Kier molecular flexibility index (Phi) is 6.61. The number of aromatic nitrogens is 1. The van der Waals surface area contributed by atoms with Crippen molar-refractivity contribution in [1.29, 1.82) is 0 Å². The molecule has 6 heteroatoms. The van der Waals surface area contributed by atoms with Crippen LogP contribution >= 0.6 is 0 Å². The van der Waals surface area contributed by atoms with E-state index < -0.39 is 0 Å². The number of nitrogens with one attached hydrogen (secondary N) is 2. The van der Waals surface area contributed by atoms with Gasteiger partial charge in [-0.1, -0.05) is 34.6 Å². The molecular weight excluding hydrogens is 400 g/mol. The molecule has 2 atom stereocenters. The first-order valence-corrected chi connectivity index (χ1v) is 12.1. The topological polar surface area (TPSA) is 70.4 Å². The van der Waals surface area contributed by atoms with Gasteiger partial charge in [0.2, 0.25) is 0 Å². The summed E-state index contributed by atoms with van der Waals surface area (Å²) in [6.45, 7) is 14.3. The van der Waals surface area contributed by atoms with Gasteiger partial charge in [0, 0.05) is 24.8 Å². The Hall–Kier alpha value is -2.34. The van der Waals surface area contributed by atoms with E-state index >= 15 is 0 Å². The number of carbonyl (C=O) groups is 1. The number of amides is 1. The van der Waals surface area contributed by atoms with Gasteiger partial charge in [-0.3, -0.25) is 4.79 Å². The highest BCUT2D eigenvalue weighted by atomic mass is 16.3. The molecule has 0 bridgehead atoms. The van der Waals surface area contributed by atoms with Crippen LogP contribution in [0.25, 0.3) is 0 Å². The molecule has 0 saturated carbocycles. The summed E-state index contributed by atoms with van der Waals surface area (Å²) in [5.74, 6) is 2.36. The molecule has 1 fully saturated rings. The Morgan fingerprint density at radius 3 is 2.88 bits per heavy atom. The number of piperidine rings is 1. The van der Waals surface area contributed by atoms with E-state index in [4.69, 9.17) is 9.40 Å². The van der Waals surface area contributed by atoms with Gasteiger partial charge in [-0.15, -0.1) is 0 Å². The number of nitrogens with zero attached hydrogens (tertiary/aromatic N) is 2. The van der Waals surface area contributed by atoms with Gasteiger partial charge in [0.1, 0.15) is 11.6 Å². The van der Waals surface area contributed by atoms with Crippen LogP contribution in [0.3, 0.4) is 0 Å². The van der Waals surface area contributed by atoms with Gasteiger partial charge in [-0.2, -0.15) is 0 Å². The molecule has 1 aliphatic carbocycles. The summed E-state index contributed by atoms with van der Waals surface area (Å²) in [5.41, 5.74) is 3.03. The zero-order valence-electron chi connectivity index (χ0n) is 20.2. The van der Waals surface area contributed by atoms with E-state index in [9.17, 15) is 4.79 Å². The molecule has 2 aromatic rings. The van der Waals surface area contributed by atoms with E-state index in [-0.39, 0.29) is 17.4 Å². The lowest BCUT2D eigenvalue weighted by Gasteiger charge is -2.36. The Morgan fingerprint density at radius 2 is 2.22 bits per heavy atom. The van der Waals surface area contributed by atoms with Gasteiger partial charge in [-0.05, 0) is 66.8 Å². The summed E-state index contributed by atoms with van der Waals surface area (Å²) in [7, 11) is 0. The summed E-state index contributed by atoms with van der Waals surface area (Å²) in [4.78, 5) is 21.2. The summed E-state index contributed by atoms with van der Waals surface area (Å²) >= 11 is 0. The smallest absolute Gasteiger partial charge is 0.257 e. The first kappa shape index (κ1) is 22.8. The van der Waals surface area contributed by atoms with E-state index in [1.807, 2.05) is 12.1 Å². The summed E-state index contributed by atoms with van der Waals surface area (Å²) in [6.07, 6.45) is 4.86. The van der Waals surface area contributed by atoms with Gasteiger partial charge in [0.15, 0.2) is 0 Å². The van der Waals surface area contributed by atoms with Crippen LogP contribution in [-0.2, 0) is 12.0 Å².